The summed E-state index contributed by atoms with van der Waals surface area (Å²) in [5.41, 5.74) is 4.98. The lowest BCUT2D eigenvalue weighted by atomic mass is 9.97. The van der Waals surface area contributed by atoms with Gasteiger partial charge < -0.3 is 10.2 Å². The third-order valence-electron chi connectivity index (χ3n) is 5.58. The molecule has 2 heterocycles. The largest absolute Gasteiger partial charge is 0.366 e. The normalized spacial score (nSPS) is 16.6. The van der Waals surface area contributed by atoms with Gasteiger partial charge in [-0.2, -0.15) is 0 Å². The van der Waals surface area contributed by atoms with Gasteiger partial charge >= 0.3 is 0 Å². The van der Waals surface area contributed by atoms with Gasteiger partial charge in [0.1, 0.15) is 5.70 Å². The third kappa shape index (κ3) is 3.49. The van der Waals surface area contributed by atoms with E-state index in [0.29, 0.717) is 22.6 Å². The molecule has 3 amide bonds. The maximum Gasteiger partial charge on any atom is 0.282 e. The molecule has 0 atom stereocenters. The van der Waals surface area contributed by atoms with Crippen LogP contribution >= 0.6 is 0 Å². The number of aryl methyl sites for hydroxylation is 2. The summed E-state index contributed by atoms with van der Waals surface area (Å²) < 4.78 is 0. The van der Waals surface area contributed by atoms with Crippen LogP contribution in [0.3, 0.4) is 0 Å². The minimum Gasteiger partial charge on any atom is -0.366 e. The Balaban J connectivity index is 1.77. The average Bonchev–Trinajstić information content (AvgIpc) is 3.29. The summed E-state index contributed by atoms with van der Waals surface area (Å²) in [5, 5.41) is 2.70. The van der Waals surface area contributed by atoms with E-state index in [1.165, 1.54) is 11.8 Å². The Labute approximate surface area is 176 Å². The van der Waals surface area contributed by atoms with Crippen LogP contribution in [0, 0.1) is 13.8 Å². The van der Waals surface area contributed by atoms with Crippen molar-refractivity contribution < 1.29 is 14.4 Å². The molecule has 4 rings (SSSR count). The van der Waals surface area contributed by atoms with Crippen molar-refractivity contribution in [3.8, 4) is 0 Å². The molecule has 0 aromatic heterocycles. The van der Waals surface area contributed by atoms with E-state index in [9.17, 15) is 14.4 Å². The van der Waals surface area contributed by atoms with Gasteiger partial charge in [0.05, 0.1) is 11.3 Å². The van der Waals surface area contributed by atoms with E-state index in [4.69, 9.17) is 0 Å². The number of hydrogen-bond donors (Lipinski definition) is 1. The summed E-state index contributed by atoms with van der Waals surface area (Å²) in [6, 6.07) is 12.7. The highest BCUT2D eigenvalue weighted by Gasteiger charge is 2.43. The van der Waals surface area contributed by atoms with Crippen LogP contribution in [0.4, 0.5) is 11.4 Å². The Morgan fingerprint density at radius 1 is 0.933 bits per heavy atom. The molecule has 2 aromatic carbocycles. The fourth-order valence-corrected chi connectivity index (χ4v) is 4.22. The molecular weight excluding hydrogens is 378 g/mol. The molecule has 2 aliphatic rings. The summed E-state index contributed by atoms with van der Waals surface area (Å²) in [7, 11) is 0. The SMILES string of the molecule is CC(=O)Nc1ccc(N2C(=O)C(c3ccc(C)cc3C)=C(N3CCCC3)C2=O)cc1. The van der Waals surface area contributed by atoms with Crippen LogP contribution in [0.1, 0.15) is 36.5 Å². The molecule has 1 fully saturated rings. The maximum absolute atomic E-state index is 13.5. The van der Waals surface area contributed by atoms with Crippen molar-refractivity contribution in [1.29, 1.82) is 0 Å². The number of nitrogens with zero attached hydrogens (tertiary/aromatic N) is 2. The summed E-state index contributed by atoms with van der Waals surface area (Å²) in [5.74, 6) is -0.767. The fraction of sp³-hybridized carbons (Fsp3) is 0.292. The van der Waals surface area contributed by atoms with Crippen LogP contribution < -0.4 is 10.2 Å². The molecule has 30 heavy (non-hydrogen) atoms. The van der Waals surface area contributed by atoms with Gasteiger partial charge in [0.15, 0.2) is 0 Å². The summed E-state index contributed by atoms with van der Waals surface area (Å²) in [6.07, 6.45) is 2.02. The number of rotatable bonds is 4. The lowest BCUT2D eigenvalue weighted by molar-refractivity contribution is -0.120. The minimum absolute atomic E-state index is 0.175. The van der Waals surface area contributed by atoms with Gasteiger partial charge in [0, 0.05) is 25.7 Å². The predicted molar refractivity (Wildman–Crippen MR) is 117 cm³/mol. The van der Waals surface area contributed by atoms with E-state index in [1.54, 1.807) is 24.3 Å². The Kier molecular flexibility index (Phi) is 5.16. The van der Waals surface area contributed by atoms with Gasteiger partial charge in [-0.05, 0) is 62.1 Å². The molecule has 6 nitrogen and oxygen atoms in total. The van der Waals surface area contributed by atoms with E-state index in [-0.39, 0.29) is 17.7 Å². The number of likely N-dealkylation sites (tertiary alicyclic amines) is 1. The second-order valence-corrected chi connectivity index (χ2v) is 7.91. The van der Waals surface area contributed by atoms with Crippen molar-refractivity contribution in [2.24, 2.45) is 0 Å². The quantitative estimate of drug-likeness (QED) is 0.792. The highest BCUT2D eigenvalue weighted by atomic mass is 16.2. The van der Waals surface area contributed by atoms with Gasteiger partial charge in [-0.3, -0.25) is 14.4 Å². The van der Waals surface area contributed by atoms with Crippen molar-refractivity contribution in [3.63, 3.8) is 0 Å². The van der Waals surface area contributed by atoms with Crippen LogP contribution in [0.5, 0.6) is 0 Å². The highest BCUT2D eigenvalue weighted by molar-refractivity contribution is 6.45. The molecule has 1 N–H and O–H groups in total. The number of hydrogen-bond acceptors (Lipinski definition) is 4. The van der Waals surface area contributed by atoms with E-state index in [2.05, 4.69) is 5.32 Å². The molecule has 154 valence electrons. The Bertz CT molecular complexity index is 1060. The van der Waals surface area contributed by atoms with E-state index >= 15 is 0 Å². The van der Waals surface area contributed by atoms with Crippen molar-refractivity contribution in [2.75, 3.05) is 23.3 Å². The van der Waals surface area contributed by atoms with Gasteiger partial charge in [0.2, 0.25) is 5.91 Å². The minimum atomic E-state index is -0.305. The number of benzene rings is 2. The van der Waals surface area contributed by atoms with Gasteiger partial charge in [0.25, 0.3) is 11.8 Å². The molecule has 0 saturated carbocycles. The van der Waals surface area contributed by atoms with Crippen molar-refractivity contribution in [2.45, 2.75) is 33.6 Å². The van der Waals surface area contributed by atoms with Gasteiger partial charge in [-0.1, -0.05) is 23.8 Å². The summed E-state index contributed by atoms with van der Waals surface area (Å²) in [4.78, 5) is 41.6. The Hall–Kier alpha value is -3.41. The number of anilines is 2. The first-order chi connectivity index (χ1) is 14.4. The topological polar surface area (TPSA) is 69.7 Å². The number of amides is 3. The molecular formula is C24H25N3O3. The monoisotopic (exact) mass is 403 g/mol. The van der Waals surface area contributed by atoms with Crippen LogP contribution in [-0.4, -0.2) is 35.7 Å². The van der Waals surface area contributed by atoms with Crippen molar-refractivity contribution >= 4 is 34.7 Å². The van der Waals surface area contributed by atoms with E-state index < -0.39 is 0 Å². The number of carbonyl (C=O) groups is 3. The molecule has 2 aromatic rings. The maximum atomic E-state index is 13.5. The fourth-order valence-electron chi connectivity index (χ4n) is 4.22. The van der Waals surface area contributed by atoms with Crippen LogP contribution in [-0.2, 0) is 14.4 Å². The lowest BCUT2D eigenvalue weighted by Crippen LogP contribution is -2.34. The van der Waals surface area contributed by atoms with Gasteiger partial charge in [-0.15, -0.1) is 0 Å². The number of nitrogens with one attached hydrogen (secondary N) is 1. The molecule has 1 saturated heterocycles. The molecule has 2 aliphatic heterocycles. The summed E-state index contributed by atoms with van der Waals surface area (Å²) >= 11 is 0. The highest BCUT2D eigenvalue weighted by Crippen LogP contribution is 2.37. The first kappa shape index (κ1) is 19.9. The lowest BCUT2D eigenvalue weighted by Gasteiger charge is -2.20. The molecule has 0 unspecified atom stereocenters. The van der Waals surface area contributed by atoms with E-state index in [1.807, 2.05) is 36.9 Å². The van der Waals surface area contributed by atoms with Gasteiger partial charge in [-0.25, -0.2) is 4.90 Å². The summed E-state index contributed by atoms with van der Waals surface area (Å²) in [6.45, 7) is 6.97. The zero-order chi connectivity index (χ0) is 21.4. The third-order valence-corrected chi connectivity index (χ3v) is 5.58. The molecule has 0 spiro atoms. The Morgan fingerprint density at radius 2 is 1.60 bits per heavy atom. The van der Waals surface area contributed by atoms with Crippen molar-refractivity contribution in [3.05, 3.63) is 64.9 Å². The number of carbonyl (C=O) groups excluding carboxylic acids is 3. The van der Waals surface area contributed by atoms with Crippen molar-refractivity contribution in [1.82, 2.24) is 4.90 Å². The molecule has 0 aliphatic carbocycles. The van der Waals surface area contributed by atoms with E-state index in [0.717, 1.165) is 42.6 Å². The smallest absolute Gasteiger partial charge is 0.282 e. The first-order valence-electron chi connectivity index (χ1n) is 10.2. The first-order valence-corrected chi connectivity index (χ1v) is 10.2. The predicted octanol–water partition coefficient (Wildman–Crippen LogP) is 3.64. The average molecular weight is 403 g/mol. The molecule has 0 radical (unpaired) electrons. The zero-order valence-electron chi connectivity index (χ0n) is 17.5. The molecule has 6 heteroatoms. The van der Waals surface area contributed by atoms with Crippen LogP contribution in [0.15, 0.2) is 48.2 Å². The number of imide groups is 1. The standard InChI is InChI=1S/C24H25N3O3/c1-15-6-11-20(16(2)14-15)21-22(26-12-4-5-13-26)24(30)27(23(21)29)19-9-7-18(8-10-19)25-17(3)28/h6-11,14H,4-5,12-13H2,1-3H3,(H,25,28). The van der Waals surface area contributed by atoms with Crippen LogP contribution in [0.25, 0.3) is 5.57 Å². The second kappa shape index (κ2) is 7.78. The molecule has 0 bridgehead atoms. The second-order valence-electron chi connectivity index (χ2n) is 7.91. The zero-order valence-corrected chi connectivity index (χ0v) is 17.5. The van der Waals surface area contributed by atoms with Crippen LogP contribution in [0.2, 0.25) is 0 Å². The Morgan fingerprint density at radius 3 is 2.20 bits per heavy atom.